The maximum Gasteiger partial charge on any atom is 0.244 e. The second-order valence-corrected chi connectivity index (χ2v) is 6.07. The van der Waals surface area contributed by atoms with E-state index in [1.165, 1.54) is 0 Å². The van der Waals surface area contributed by atoms with Gasteiger partial charge in [0.15, 0.2) is 0 Å². The molecule has 1 fully saturated rings. The molecule has 1 aromatic carbocycles. The van der Waals surface area contributed by atoms with Gasteiger partial charge in [0, 0.05) is 38.9 Å². The Morgan fingerprint density at radius 3 is 2.52 bits per heavy atom. The predicted octanol–water partition coefficient (Wildman–Crippen LogP) is 0.170. The molecular formula is C17H28N4O4. The van der Waals surface area contributed by atoms with Crippen molar-refractivity contribution in [2.75, 3.05) is 65.1 Å². The molecule has 8 heteroatoms. The lowest BCUT2D eigenvalue weighted by atomic mass is 9.87. The van der Waals surface area contributed by atoms with Crippen LogP contribution in [-0.2, 0) is 19.8 Å². The highest BCUT2D eigenvalue weighted by atomic mass is 16.5. The zero-order chi connectivity index (χ0) is 18.4. The molecule has 8 nitrogen and oxygen atoms in total. The van der Waals surface area contributed by atoms with Crippen molar-refractivity contribution in [3.63, 3.8) is 0 Å². The summed E-state index contributed by atoms with van der Waals surface area (Å²) >= 11 is 0. The molecule has 1 aromatic rings. The lowest BCUT2D eigenvalue weighted by molar-refractivity contribution is -0.136. The van der Waals surface area contributed by atoms with Crippen molar-refractivity contribution in [3.05, 3.63) is 17.7 Å². The molecule has 1 aliphatic rings. The molecule has 1 atom stereocenters. The highest BCUT2D eigenvalue weighted by Gasteiger charge is 2.43. The van der Waals surface area contributed by atoms with Gasteiger partial charge in [-0.05, 0) is 13.0 Å². The lowest BCUT2D eigenvalue weighted by Crippen LogP contribution is -2.57. The number of hydrogen-bond donors (Lipinski definition) is 3. The number of morpholine rings is 1. The van der Waals surface area contributed by atoms with Crippen molar-refractivity contribution in [2.24, 2.45) is 0 Å². The quantitative estimate of drug-likeness (QED) is 0.474. The van der Waals surface area contributed by atoms with Crippen molar-refractivity contribution in [1.82, 2.24) is 10.2 Å². The third-order valence-electron chi connectivity index (χ3n) is 4.57. The number of nitrogens with two attached hydrogens (primary N) is 2. The van der Waals surface area contributed by atoms with Crippen molar-refractivity contribution in [3.8, 4) is 5.75 Å². The number of nitrogen functional groups attached to an aromatic ring is 2. The summed E-state index contributed by atoms with van der Waals surface area (Å²) in [7, 11) is 3.22. The number of likely N-dealkylation sites (N-methyl/N-ethyl adjacent to an activating group) is 1. The minimum Gasteiger partial charge on any atom is -0.491 e. The van der Waals surface area contributed by atoms with Crippen LogP contribution in [0.2, 0.25) is 0 Å². The van der Waals surface area contributed by atoms with E-state index in [0.717, 1.165) is 0 Å². The van der Waals surface area contributed by atoms with Crippen LogP contribution in [-0.4, -0.2) is 64.5 Å². The first-order chi connectivity index (χ1) is 11.9. The fraction of sp³-hybridized carbons (Fsp3) is 0.588. The van der Waals surface area contributed by atoms with Gasteiger partial charge in [0.25, 0.3) is 0 Å². The SMILES string of the molecule is CNC(=O)C(C)(c1cc(N)c(N)cc1OCCOC)N1CCOCC1. The number of carbonyl (C=O) groups excluding carboxylic acids is 1. The molecule has 25 heavy (non-hydrogen) atoms. The lowest BCUT2D eigenvalue weighted by Gasteiger charge is -2.42. The van der Waals surface area contributed by atoms with E-state index in [1.807, 2.05) is 6.92 Å². The maximum atomic E-state index is 12.9. The average Bonchev–Trinajstić information content (AvgIpc) is 2.64. The molecule has 0 saturated carbocycles. The summed E-state index contributed by atoms with van der Waals surface area (Å²) in [6, 6.07) is 3.39. The number of anilines is 2. The Morgan fingerprint density at radius 1 is 1.28 bits per heavy atom. The average molecular weight is 352 g/mol. The van der Waals surface area contributed by atoms with Gasteiger partial charge in [-0.2, -0.15) is 0 Å². The zero-order valence-electron chi connectivity index (χ0n) is 15.1. The van der Waals surface area contributed by atoms with Gasteiger partial charge in [-0.25, -0.2) is 0 Å². The summed E-state index contributed by atoms with van der Waals surface area (Å²) in [5.74, 6) is 0.386. The zero-order valence-corrected chi connectivity index (χ0v) is 15.1. The first kappa shape index (κ1) is 19.3. The molecule has 0 bridgehead atoms. The van der Waals surface area contributed by atoms with Crippen LogP contribution in [0.1, 0.15) is 12.5 Å². The van der Waals surface area contributed by atoms with Crippen LogP contribution in [0.25, 0.3) is 0 Å². The number of carbonyl (C=O) groups is 1. The van der Waals surface area contributed by atoms with Crippen LogP contribution < -0.4 is 21.5 Å². The summed E-state index contributed by atoms with van der Waals surface area (Å²) in [6.07, 6.45) is 0. The molecule has 5 N–H and O–H groups in total. The van der Waals surface area contributed by atoms with E-state index >= 15 is 0 Å². The Hall–Kier alpha value is -2.03. The van der Waals surface area contributed by atoms with E-state index in [1.54, 1.807) is 26.3 Å². The van der Waals surface area contributed by atoms with Crippen molar-refractivity contribution >= 4 is 17.3 Å². The maximum absolute atomic E-state index is 12.9. The Morgan fingerprint density at radius 2 is 1.92 bits per heavy atom. The van der Waals surface area contributed by atoms with E-state index in [0.29, 0.717) is 62.2 Å². The minimum atomic E-state index is -0.956. The van der Waals surface area contributed by atoms with Gasteiger partial charge < -0.3 is 31.0 Å². The fourth-order valence-electron chi connectivity index (χ4n) is 3.04. The fourth-order valence-corrected chi connectivity index (χ4v) is 3.04. The van der Waals surface area contributed by atoms with E-state index in [-0.39, 0.29) is 5.91 Å². The molecule has 0 aromatic heterocycles. The number of rotatable bonds is 7. The van der Waals surface area contributed by atoms with Crippen LogP contribution >= 0.6 is 0 Å². The molecule has 1 saturated heterocycles. The van der Waals surface area contributed by atoms with Gasteiger partial charge in [0.2, 0.25) is 5.91 Å². The van der Waals surface area contributed by atoms with Crippen molar-refractivity contribution in [1.29, 1.82) is 0 Å². The Balaban J connectivity index is 2.50. The summed E-state index contributed by atoms with van der Waals surface area (Å²) < 4.78 is 16.3. The molecular weight excluding hydrogens is 324 g/mol. The molecule has 0 radical (unpaired) electrons. The summed E-state index contributed by atoms with van der Waals surface area (Å²) in [5.41, 5.74) is 12.5. The minimum absolute atomic E-state index is 0.143. The molecule has 2 rings (SSSR count). The van der Waals surface area contributed by atoms with Crippen LogP contribution in [0.3, 0.4) is 0 Å². The van der Waals surface area contributed by atoms with Crippen LogP contribution in [0, 0.1) is 0 Å². The smallest absolute Gasteiger partial charge is 0.244 e. The van der Waals surface area contributed by atoms with Gasteiger partial charge in [-0.3, -0.25) is 9.69 Å². The molecule has 0 aliphatic carbocycles. The van der Waals surface area contributed by atoms with Crippen molar-refractivity contribution < 1.29 is 19.0 Å². The van der Waals surface area contributed by atoms with Gasteiger partial charge in [-0.15, -0.1) is 0 Å². The molecule has 1 heterocycles. The Labute approximate surface area is 148 Å². The van der Waals surface area contributed by atoms with Gasteiger partial charge in [-0.1, -0.05) is 0 Å². The molecule has 1 aliphatic heterocycles. The standard InChI is InChI=1S/C17H28N4O4/c1-17(16(22)20-2,21-4-6-24-7-5-21)12-10-13(18)14(19)11-15(12)25-9-8-23-3/h10-11H,4-9,18-19H2,1-3H3,(H,20,22). The number of ether oxygens (including phenoxy) is 3. The normalized spacial score (nSPS) is 17.7. The van der Waals surface area contributed by atoms with Gasteiger partial charge in [0.1, 0.15) is 17.9 Å². The number of amides is 1. The highest BCUT2D eigenvalue weighted by Crippen LogP contribution is 2.39. The summed E-state index contributed by atoms with van der Waals surface area (Å²) in [4.78, 5) is 14.9. The third kappa shape index (κ3) is 3.97. The van der Waals surface area contributed by atoms with E-state index in [2.05, 4.69) is 10.2 Å². The van der Waals surface area contributed by atoms with Crippen LogP contribution in [0.4, 0.5) is 11.4 Å². The van der Waals surface area contributed by atoms with Gasteiger partial charge in [0.05, 0.1) is 31.2 Å². The number of methoxy groups -OCH3 is 1. The monoisotopic (exact) mass is 352 g/mol. The number of hydrogen-bond acceptors (Lipinski definition) is 7. The van der Waals surface area contributed by atoms with E-state index < -0.39 is 5.54 Å². The largest absolute Gasteiger partial charge is 0.491 e. The number of benzene rings is 1. The first-order valence-corrected chi connectivity index (χ1v) is 8.31. The first-order valence-electron chi connectivity index (χ1n) is 8.31. The molecule has 1 unspecified atom stereocenters. The second-order valence-electron chi connectivity index (χ2n) is 6.07. The van der Waals surface area contributed by atoms with Crippen molar-refractivity contribution in [2.45, 2.75) is 12.5 Å². The Kier molecular flexibility index (Phi) is 6.46. The van der Waals surface area contributed by atoms with Gasteiger partial charge >= 0.3 is 0 Å². The topological polar surface area (TPSA) is 112 Å². The molecule has 140 valence electrons. The highest BCUT2D eigenvalue weighted by molar-refractivity contribution is 5.89. The van der Waals surface area contributed by atoms with E-state index in [9.17, 15) is 4.79 Å². The van der Waals surface area contributed by atoms with E-state index in [4.69, 9.17) is 25.7 Å². The Bertz CT molecular complexity index is 605. The molecule has 0 spiro atoms. The van der Waals surface area contributed by atoms with Crippen LogP contribution in [0.15, 0.2) is 12.1 Å². The number of nitrogens with zero attached hydrogens (tertiary/aromatic N) is 1. The number of nitrogens with one attached hydrogen (secondary N) is 1. The van der Waals surface area contributed by atoms with Crippen LogP contribution in [0.5, 0.6) is 5.75 Å². The summed E-state index contributed by atoms with van der Waals surface area (Å²) in [6.45, 7) is 5.04. The predicted molar refractivity (Wildman–Crippen MR) is 96.4 cm³/mol. The second kappa shape index (κ2) is 8.37. The summed E-state index contributed by atoms with van der Waals surface area (Å²) in [5, 5.41) is 2.76. The third-order valence-corrected chi connectivity index (χ3v) is 4.57. The molecule has 1 amide bonds.